The molecule has 4 nitrogen and oxygen atoms in total. The largest absolute Gasteiger partial charge is 0.383 e. The zero-order valence-corrected chi connectivity index (χ0v) is 11.4. The van der Waals surface area contributed by atoms with Crippen molar-refractivity contribution in [2.24, 2.45) is 5.92 Å². The van der Waals surface area contributed by atoms with E-state index < -0.39 is 5.60 Å². The molecule has 0 saturated heterocycles. The molecule has 4 heteroatoms. The third-order valence-corrected chi connectivity index (χ3v) is 2.73. The molecule has 0 amide bonds. The lowest BCUT2D eigenvalue weighted by atomic mass is 10.0. The molecule has 0 spiro atoms. The highest BCUT2D eigenvalue weighted by Crippen LogP contribution is 2.19. The molecule has 1 rings (SSSR count). The average Bonchev–Trinajstić information content (AvgIpc) is 2.66. The van der Waals surface area contributed by atoms with Crippen LogP contribution in [0.4, 0.5) is 0 Å². The lowest BCUT2D eigenvalue weighted by Gasteiger charge is -2.25. The SMILES string of the molecule is CCCn1nccc1C(C)(O)CNCC(C)C. The molecule has 0 aliphatic carbocycles. The molecular formula is C13H25N3O. The molecule has 0 saturated carbocycles. The molecule has 1 aromatic heterocycles. The fourth-order valence-electron chi connectivity index (χ4n) is 1.87. The lowest BCUT2D eigenvalue weighted by Crippen LogP contribution is -2.38. The number of aryl methyl sites for hydroxylation is 1. The zero-order chi connectivity index (χ0) is 12.9. The van der Waals surface area contributed by atoms with Crippen molar-refractivity contribution in [3.8, 4) is 0 Å². The second-order valence-electron chi connectivity index (χ2n) is 5.24. The molecule has 98 valence electrons. The quantitative estimate of drug-likeness (QED) is 0.762. The van der Waals surface area contributed by atoms with Gasteiger partial charge in [0.15, 0.2) is 0 Å². The number of aliphatic hydroxyl groups is 1. The van der Waals surface area contributed by atoms with Gasteiger partial charge in [0, 0.05) is 19.3 Å². The lowest BCUT2D eigenvalue weighted by molar-refractivity contribution is 0.0468. The molecule has 1 heterocycles. The molecule has 0 aliphatic rings. The molecule has 1 aromatic rings. The highest BCUT2D eigenvalue weighted by molar-refractivity contribution is 5.11. The van der Waals surface area contributed by atoms with E-state index in [0.29, 0.717) is 12.5 Å². The molecule has 0 radical (unpaired) electrons. The van der Waals surface area contributed by atoms with Crippen LogP contribution in [0.15, 0.2) is 12.3 Å². The van der Waals surface area contributed by atoms with Crippen LogP contribution in [0.25, 0.3) is 0 Å². The smallest absolute Gasteiger partial charge is 0.116 e. The Hall–Kier alpha value is -0.870. The molecule has 0 bridgehead atoms. The number of hydrogen-bond donors (Lipinski definition) is 2. The third kappa shape index (κ3) is 4.13. The van der Waals surface area contributed by atoms with Gasteiger partial charge in [0.25, 0.3) is 0 Å². The van der Waals surface area contributed by atoms with Gasteiger partial charge in [-0.2, -0.15) is 5.10 Å². The van der Waals surface area contributed by atoms with E-state index in [0.717, 1.165) is 25.2 Å². The van der Waals surface area contributed by atoms with Crippen LogP contribution in [0.2, 0.25) is 0 Å². The van der Waals surface area contributed by atoms with Gasteiger partial charge in [-0.15, -0.1) is 0 Å². The molecule has 17 heavy (non-hydrogen) atoms. The minimum atomic E-state index is -0.861. The van der Waals surface area contributed by atoms with E-state index in [2.05, 4.69) is 31.2 Å². The first-order valence-electron chi connectivity index (χ1n) is 6.42. The van der Waals surface area contributed by atoms with Crippen LogP contribution in [0.3, 0.4) is 0 Å². The van der Waals surface area contributed by atoms with Gasteiger partial charge < -0.3 is 10.4 Å². The van der Waals surface area contributed by atoms with Gasteiger partial charge in [-0.1, -0.05) is 20.8 Å². The first-order chi connectivity index (χ1) is 7.97. The first kappa shape index (κ1) is 14.2. The van der Waals surface area contributed by atoms with Crippen molar-refractivity contribution in [2.45, 2.75) is 46.3 Å². The van der Waals surface area contributed by atoms with Gasteiger partial charge in [0.2, 0.25) is 0 Å². The molecule has 1 unspecified atom stereocenters. The summed E-state index contributed by atoms with van der Waals surface area (Å²) in [5, 5.41) is 18.0. The molecule has 0 aromatic carbocycles. The number of aromatic nitrogens is 2. The minimum Gasteiger partial charge on any atom is -0.383 e. The second-order valence-corrected chi connectivity index (χ2v) is 5.24. The summed E-state index contributed by atoms with van der Waals surface area (Å²) in [5.41, 5.74) is 0.0243. The van der Waals surface area contributed by atoms with Gasteiger partial charge in [-0.25, -0.2) is 0 Å². The van der Waals surface area contributed by atoms with Crippen LogP contribution in [-0.2, 0) is 12.1 Å². The van der Waals surface area contributed by atoms with E-state index in [4.69, 9.17) is 0 Å². The van der Waals surface area contributed by atoms with Gasteiger partial charge in [0.1, 0.15) is 5.60 Å². The summed E-state index contributed by atoms with van der Waals surface area (Å²) in [6.45, 7) is 10.6. The zero-order valence-electron chi connectivity index (χ0n) is 11.4. The average molecular weight is 239 g/mol. The van der Waals surface area contributed by atoms with Crippen LogP contribution in [0.1, 0.15) is 39.8 Å². The van der Waals surface area contributed by atoms with Crippen molar-refractivity contribution in [3.05, 3.63) is 18.0 Å². The van der Waals surface area contributed by atoms with Gasteiger partial charge in [0.05, 0.1) is 5.69 Å². The third-order valence-electron chi connectivity index (χ3n) is 2.73. The van der Waals surface area contributed by atoms with Crippen LogP contribution < -0.4 is 5.32 Å². The predicted molar refractivity (Wildman–Crippen MR) is 69.8 cm³/mol. The fraction of sp³-hybridized carbons (Fsp3) is 0.769. The van der Waals surface area contributed by atoms with E-state index in [1.165, 1.54) is 0 Å². The summed E-state index contributed by atoms with van der Waals surface area (Å²) in [7, 11) is 0. The number of rotatable bonds is 7. The minimum absolute atomic E-state index is 0.556. The summed E-state index contributed by atoms with van der Waals surface area (Å²) < 4.78 is 1.89. The maximum atomic E-state index is 10.5. The highest BCUT2D eigenvalue weighted by atomic mass is 16.3. The van der Waals surface area contributed by atoms with Crippen LogP contribution in [-0.4, -0.2) is 28.0 Å². The van der Waals surface area contributed by atoms with Crippen molar-refractivity contribution >= 4 is 0 Å². The van der Waals surface area contributed by atoms with Crippen LogP contribution in [0.5, 0.6) is 0 Å². The summed E-state index contributed by atoms with van der Waals surface area (Å²) in [5.74, 6) is 0.589. The van der Waals surface area contributed by atoms with Crippen LogP contribution in [0, 0.1) is 5.92 Å². The Morgan fingerprint density at radius 2 is 2.24 bits per heavy atom. The van der Waals surface area contributed by atoms with E-state index >= 15 is 0 Å². The Bertz CT molecular complexity index is 331. The Morgan fingerprint density at radius 3 is 2.82 bits per heavy atom. The second kappa shape index (κ2) is 6.17. The number of nitrogens with zero attached hydrogens (tertiary/aromatic N) is 2. The molecule has 1 atom stereocenters. The van der Waals surface area contributed by atoms with Gasteiger partial charge in [-0.3, -0.25) is 4.68 Å². The van der Waals surface area contributed by atoms with Crippen molar-refractivity contribution in [2.75, 3.05) is 13.1 Å². The maximum absolute atomic E-state index is 10.5. The van der Waals surface area contributed by atoms with E-state index in [1.807, 2.05) is 17.7 Å². The van der Waals surface area contributed by atoms with E-state index in [-0.39, 0.29) is 0 Å². The summed E-state index contributed by atoms with van der Waals surface area (Å²) in [6, 6.07) is 1.90. The van der Waals surface area contributed by atoms with Crippen molar-refractivity contribution < 1.29 is 5.11 Å². The summed E-state index contributed by atoms with van der Waals surface area (Å²) in [4.78, 5) is 0. The predicted octanol–water partition coefficient (Wildman–Crippen LogP) is 1.75. The topological polar surface area (TPSA) is 50.1 Å². The maximum Gasteiger partial charge on any atom is 0.116 e. The normalized spacial score (nSPS) is 15.2. The van der Waals surface area contributed by atoms with E-state index in [1.54, 1.807) is 6.20 Å². The van der Waals surface area contributed by atoms with Crippen molar-refractivity contribution in [3.63, 3.8) is 0 Å². The number of nitrogens with one attached hydrogen (secondary N) is 1. The van der Waals surface area contributed by atoms with Gasteiger partial charge in [-0.05, 0) is 31.9 Å². The van der Waals surface area contributed by atoms with E-state index in [9.17, 15) is 5.11 Å². The Morgan fingerprint density at radius 1 is 1.53 bits per heavy atom. The number of hydrogen-bond acceptors (Lipinski definition) is 3. The Labute approximate surface area is 104 Å². The van der Waals surface area contributed by atoms with Crippen LogP contribution >= 0.6 is 0 Å². The van der Waals surface area contributed by atoms with Gasteiger partial charge >= 0.3 is 0 Å². The van der Waals surface area contributed by atoms with Crippen molar-refractivity contribution in [1.29, 1.82) is 0 Å². The highest BCUT2D eigenvalue weighted by Gasteiger charge is 2.26. The summed E-state index contributed by atoms with van der Waals surface area (Å²) >= 11 is 0. The molecule has 0 aliphatic heterocycles. The summed E-state index contributed by atoms with van der Waals surface area (Å²) in [6.07, 6.45) is 2.77. The Balaban J connectivity index is 2.64. The Kier molecular flexibility index (Phi) is 5.15. The molecule has 0 fully saturated rings. The van der Waals surface area contributed by atoms with Crippen molar-refractivity contribution in [1.82, 2.24) is 15.1 Å². The molecule has 2 N–H and O–H groups in total. The standard InChI is InChI=1S/C13H25N3O/c1-5-8-16-12(6-7-15-16)13(4,17)10-14-9-11(2)3/h6-7,11,14,17H,5,8-10H2,1-4H3. The fourth-order valence-corrected chi connectivity index (χ4v) is 1.87. The molecular weight excluding hydrogens is 214 g/mol. The monoisotopic (exact) mass is 239 g/mol. The first-order valence-corrected chi connectivity index (χ1v) is 6.42.